The summed E-state index contributed by atoms with van der Waals surface area (Å²) in [7, 11) is 0. The lowest BCUT2D eigenvalue weighted by molar-refractivity contribution is 0.178. The van der Waals surface area contributed by atoms with Crippen LogP contribution in [0.3, 0.4) is 0 Å². The lowest BCUT2D eigenvalue weighted by Gasteiger charge is -2.19. The Hall–Kier alpha value is -1.06. The van der Waals surface area contributed by atoms with E-state index in [1.807, 2.05) is 19.9 Å². The standard InChI is InChI=1S/C16H25NO2/c1-12(2)19-16-6-4-5-14(9-16)10-17-13(3)15-7-8-18-11-15/h4-6,9,12-13,15,17H,7-8,10-11H2,1-3H3. The molecule has 0 aromatic heterocycles. The second-order valence-corrected chi connectivity index (χ2v) is 5.61. The highest BCUT2D eigenvalue weighted by molar-refractivity contribution is 5.28. The first-order valence-corrected chi connectivity index (χ1v) is 7.22. The number of hydrogen-bond acceptors (Lipinski definition) is 3. The van der Waals surface area contributed by atoms with Crippen LogP contribution in [0.25, 0.3) is 0 Å². The van der Waals surface area contributed by atoms with Gasteiger partial charge in [0.05, 0.1) is 12.7 Å². The summed E-state index contributed by atoms with van der Waals surface area (Å²) in [6, 6.07) is 8.82. The lowest BCUT2D eigenvalue weighted by atomic mass is 10.0. The largest absolute Gasteiger partial charge is 0.491 e. The molecule has 3 heteroatoms. The molecule has 1 saturated heterocycles. The zero-order valence-corrected chi connectivity index (χ0v) is 12.2. The molecule has 106 valence electrons. The molecule has 2 rings (SSSR count). The van der Waals surface area contributed by atoms with Gasteiger partial charge in [0.2, 0.25) is 0 Å². The molecule has 0 spiro atoms. The van der Waals surface area contributed by atoms with Gasteiger partial charge in [-0.25, -0.2) is 0 Å². The quantitative estimate of drug-likeness (QED) is 0.856. The van der Waals surface area contributed by atoms with E-state index in [0.717, 1.165) is 25.5 Å². The van der Waals surface area contributed by atoms with Crippen LogP contribution in [0.15, 0.2) is 24.3 Å². The van der Waals surface area contributed by atoms with E-state index in [0.29, 0.717) is 12.0 Å². The predicted molar refractivity (Wildman–Crippen MR) is 77.4 cm³/mol. The molecule has 0 aliphatic carbocycles. The summed E-state index contributed by atoms with van der Waals surface area (Å²) in [5, 5.41) is 3.59. The van der Waals surface area contributed by atoms with Crippen LogP contribution in [0.1, 0.15) is 32.8 Å². The molecule has 0 amide bonds. The van der Waals surface area contributed by atoms with Gasteiger partial charge in [-0.2, -0.15) is 0 Å². The fraction of sp³-hybridized carbons (Fsp3) is 0.625. The minimum absolute atomic E-state index is 0.220. The Morgan fingerprint density at radius 2 is 2.21 bits per heavy atom. The van der Waals surface area contributed by atoms with Gasteiger partial charge in [-0.15, -0.1) is 0 Å². The van der Waals surface area contributed by atoms with Gasteiger partial charge >= 0.3 is 0 Å². The molecule has 0 radical (unpaired) electrons. The molecule has 2 atom stereocenters. The molecule has 1 heterocycles. The summed E-state index contributed by atoms with van der Waals surface area (Å²) >= 11 is 0. The number of hydrogen-bond donors (Lipinski definition) is 1. The smallest absolute Gasteiger partial charge is 0.120 e. The Balaban J connectivity index is 1.84. The molecule has 1 aromatic carbocycles. The van der Waals surface area contributed by atoms with Crippen LogP contribution in [0.5, 0.6) is 5.75 Å². The van der Waals surface area contributed by atoms with Gasteiger partial charge in [-0.1, -0.05) is 12.1 Å². The molecule has 19 heavy (non-hydrogen) atoms. The van der Waals surface area contributed by atoms with E-state index in [-0.39, 0.29) is 6.10 Å². The first kappa shape index (κ1) is 14.4. The van der Waals surface area contributed by atoms with Gasteiger partial charge in [0, 0.05) is 19.2 Å². The van der Waals surface area contributed by atoms with Gasteiger partial charge in [-0.3, -0.25) is 0 Å². The summed E-state index contributed by atoms with van der Waals surface area (Å²) in [6.45, 7) is 9.03. The van der Waals surface area contributed by atoms with E-state index in [1.54, 1.807) is 0 Å². The van der Waals surface area contributed by atoms with Crippen molar-refractivity contribution in [3.8, 4) is 5.75 Å². The summed E-state index contributed by atoms with van der Waals surface area (Å²) in [6.07, 6.45) is 1.39. The van der Waals surface area contributed by atoms with Crippen LogP contribution in [0.4, 0.5) is 0 Å². The van der Waals surface area contributed by atoms with Crippen molar-refractivity contribution in [2.24, 2.45) is 5.92 Å². The number of nitrogens with one attached hydrogen (secondary N) is 1. The van der Waals surface area contributed by atoms with Crippen molar-refractivity contribution in [1.82, 2.24) is 5.32 Å². The van der Waals surface area contributed by atoms with Crippen LogP contribution in [-0.2, 0) is 11.3 Å². The van der Waals surface area contributed by atoms with Gasteiger partial charge in [0.15, 0.2) is 0 Å². The van der Waals surface area contributed by atoms with E-state index in [1.165, 1.54) is 12.0 Å². The average molecular weight is 263 g/mol. The predicted octanol–water partition coefficient (Wildman–Crippen LogP) is 2.99. The molecule has 3 nitrogen and oxygen atoms in total. The van der Waals surface area contributed by atoms with Crippen molar-refractivity contribution in [3.63, 3.8) is 0 Å². The van der Waals surface area contributed by atoms with Crippen molar-refractivity contribution in [1.29, 1.82) is 0 Å². The summed E-state index contributed by atoms with van der Waals surface area (Å²) < 4.78 is 11.1. The van der Waals surface area contributed by atoms with Crippen LogP contribution in [0.2, 0.25) is 0 Å². The first-order valence-electron chi connectivity index (χ1n) is 7.22. The zero-order valence-electron chi connectivity index (χ0n) is 12.2. The maximum absolute atomic E-state index is 5.71. The Morgan fingerprint density at radius 1 is 1.37 bits per heavy atom. The second kappa shape index (κ2) is 6.92. The molecule has 1 aliphatic rings. The van der Waals surface area contributed by atoms with Crippen molar-refractivity contribution in [2.45, 2.75) is 45.9 Å². The highest BCUT2D eigenvalue weighted by Gasteiger charge is 2.21. The molecule has 0 bridgehead atoms. The first-order chi connectivity index (χ1) is 9.15. The third-order valence-corrected chi connectivity index (χ3v) is 3.57. The Bertz CT molecular complexity index is 386. The van der Waals surface area contributed by atoms with Crippen molar-refractivity contribution in [3.05, 3.63) is 29.8 Å². The Labute approximate surface area is 116 Å². The van der Waals surface area contributed by atoms with Crippen molar-refractivity contribution < 1.29 is 9.47 Å². The highest BCUT2D eigenvalue weighted by Crippen LogP contribution is 2.18. The molecule has 1 aliphatic heterocycles. The number of benzene rings is 1. The molecular formula is C16H25NO2. The maximum atomic E-state index is 5.71. The van der Waals surface area contributed by atoms with Crippen LogP contribution < -0.4 is 10.1 Å². The number of rotatable bonds is 6. The van der Waals surface area contributed by atoms with E-state index in [2.05, 4.69) is 30.4 Å². The van der Waals surface area contributed by atoms with Gasteiger partial charge < -0.3 is 14.8 Å². The van der Waals surface area contributed by atoms with E-state index in [9.17, 15) is 0 Å². The van der Waals surface area contributed by atoms with E-state index >= 15 is 0 Å². The molecular weight excluding hydrogens is 238 g/mol. The summed E-state index contributed by atoms with van der Waals surface area (Å²) in [4.78, 5) is 0. The minimum atomic E-state index is 0.220. The van der Waals surface area contributed by atoms with Crippen LogP contribution in [0, 0.1) is 5.92 Å². The third-order valence-electron chi connectivity index (χ3n) is 3.57. The normalized spacial score (nSPS) is 20.7. The fourth-order valence-corrected chi connectivity index (χ4v) is 2.39. The SMILES string of the molecule is CC(C)Oc1cccc(CNC(C)C2CCOC2)c1. The highest BCUT2D eigenvalue weighted by atomic mass is 16.5. The second-order valence-electron chi connectivity index (χ2n) is 5.61. The van der Waals surface area contributed by atoms with Crippen molar-refractivity contribution >= 4 is 0 Å². The molecule has 2 unspecified atom stereocenters. The molecule has 1 N–H and O–H groups in total. The molecule has 1 fully saturated rings. The van der Waals surface area contributed by atoms with Crippen LogP contribution >= 0.6 is 0 Å². The summed E-state index contributed by atoms with van der Waals surface area (Å²) in [5.41, 5.74) is 1.27. The van der Waals surface area contributed by atoms with E-state index < -0.39 is 0 Å². The molecule has 1 aromatic rings. The monoisotopic (exact) mass is 263 g/mol. The Kier molecular flexibility index (Phi) is 5.23. The van der Waals surface area contributed by atoms with E-state index in [4.69, 9.17) is 9.47 Å². The average Bonchev–Trinajstić information content (AvgIpc) is 2.89. The third kappa shape index (κ3) is 4.51. The van der Waals surface area contributed by atoms with Gasteiger partial charge in [-0.05, 0) is 50.8 Å². The zero-order chi connectivity index (χ0) is 13.7. The fourth-order valence-electron chi connectivity index (χ4n) is 2.39. The minimum Gasteiger partial charge on any atom is -0.491 e. The molecule has 0 saturated carbocycles. The van der Waals surface area contributed by atoms with Crippen molar-refractivity contribution in [2.75, 3.05) is 13.2 Å². The lowest BCUT2D eigenvalue weighted by Crippen LogP contribution is -2.33. The maximum Gasteiger partial charge on any atom is 0.120 e. The van der Waals surface area contributed by atoms with Gasteiger partial charge in [0.1, 0.15) is 5.75 Å². The Morgan fingerprint density at radius 3 is 2.89 bits per heavy atom. The topological polar surface area (TPSA) is 30.5 Å². The van der Waals surface area contributed by atoms with Crippen LogP contribution in [-0.4, -0.2) is 25.4 Å². The van der Waals surface area contributed by atoms with Gasteiger partial charge in [0.25, 0.3) is 0 Å². The number of ether oxygens (including phenoxy) is 2. The summed E-state index contributed by atoms with van der Waals surface area (Å²) in [5.74, 6) is 1.60.